The molecule has 0 saturated heterocycles. The van der Waals surface area contributed by atoms with Gasteiger partial charge in [0.2, 0.25) is 0 Å². The predicted octanol–water partition coefficient (Wildman–Crippen LogP) is 1.20. The fraction of sp³-hybridized carbons (Fsp3) is 0.462. The fourth-order valence-electron chi connectivity index (χ4n) is 1.82. The lowest BCUT2D eigenvalue weighted by Gasteiger charge is -1.98. The second-order valence-electron chi connectivity index (χ2n) is 4.84. The summed E-state index contributed by atoms with van der Waals surface area (Å²) < 4.78 is 1.55. The Kier molecular flexibility index (Phi) is 3.44. The van der Waals surface area contributed by atoms with E-state index in [0.29, 0.717) is 0 Å². The number of pyridine rings is 1. The maximum Gasteiger partial charge on any atom is 0.250 e. The van der Waals surface area contributed by atoms with Gasteiger partial charge in [0.25, 0.3) is 5.56 Å². The summed E-state index contributed by atoms with van der Waals surface area (Å²) in [5, 5.41) is 13.6. The molecule has 1 saturated carbocycles. The summed E-state index contributed by atoms with van der Waals surface area (Å²) in [6.07, 6.45) is 5.26. The van der Waals surface area contributed by atoms with Gasteiger partial charge in [-0.3, -0.25) is 4.79 Å². The normalized spacial score (nSPS) is 14.8. The topological polar surface area (TPSA) is 59.8 Å². The second kappa shape index (κ2) is 5.22. The quantitative estimate of drug-likeness (QED) is 0.891. The molecule has 1 aliphatic carbocycles. The molecule has 0 aromatic carbocycles. The van der Waals surface area contributed by atoms with Crippen LogP contribution in [-0.2, 0) is 13.5 Å². The molecule has 0 atom stereocenters. The first kappa shape index (κ1) is 12.5. The third kappa shape index (κ3) is 3.08. The standard InChI is InChI=1S/C13H16N4OS/c1-17-7-5-9(8-12(17)18)13-16-15-11(19-13)4-6-14-10-2-3-10/h5,7-8,10,14H,2-4,6H2,1H3. The molecule has 2 aromatic heterocycles. The predicted molar refractivity (Wildman–Crippen MR) is 75.3 cm³/mol. The van der Waals surface area contributed by atoms with Gasteiger partial charge in [-0.25, -0.2) is 0 Å². The number of rotatable bonds is 5. The molecule has 19 heavy (non-hydrogen) atoms. The SMILES string of the molecule is Cn1ccc(-c2nnc(CCNC3CC3)s2)cc1=O. The lowest BCUT2D eigenvalue weighted by atomic mass is 10.3. The molecule has 0 unspecified atom stereocenters. The molecule has 1 fully saturated rings. The van der Waals surface area contributed by atoms with Crippen molar-refractivity contribution in [2.75, 3.05) is 6.54 Å². The van der Waals surface area contributed by atoms with Gasteiger partial charge < -0.3 is 9.88 Å². The number of hydrogen-bond donors (Lipinski definition) is 1. The van der Waals surface area contributed by atoms with E-state index >= 15 is 0 Å². The molecule has 0 bridgehead atoms. The van der Waals surface area contributed by atoms with Gasteiger partial charge in [0.05, 0.1) is 0 Å². The average Bonchev–Trinajstić information content (AvgIpc) is 3.10. The Balaban J connectivity index is 1.68. The first-order chi connectivity index (χ1) is 9.22. The zero-order valence-corrected chi connectivity index (χ0v) is 11.6. The molecular weight excluding hydrogens is 260 g/mol. The van der Waals surface area contributed by atoms with Gasteiger partial charge in [0, 0.05) is 43.9 Å². The van der Waals surface area contributed by atoms with Crippen molar-refractivity contribution < 1.29 is 0 Å². The van der Waals surface area contributed by atoms with Gasteiger partial charge in [-0.15, -0.1) is 10.2 Å². The smallest absolute Gasteiger partial charge is 0.250 e. The van der Waals surface area contributed by atoms with Crippen LogP contribution < -0.4 is 10.9 Å². The van der Waals surface area contributed by atoms with E-state index in [0.717, 1.165) is 34.6 Å². The molecule has 6 heteroatoms. The van der Waals surface area contributed by atoms with Crippen LogP contribution in [0, 0.1) is 0 Å². The summed E-state index contributed by atoms with van der Waals surface area (Å²) in [7, 11) is 1.74. The van der Waals surface area contributed by atoms with Crippen molar-refractivity contribution in [3.63, 3.8) is 0 Å². The van der Waals surface area contributed by atoms with E-state index in [-0.39, 0.29) is 5.56 Å². The van der Waals surface area contributed by atoms with Crippen molar-refractivity contribution in [3.8, 4) is 10.6 Å². The highest BCUT2D eigenvalue weighted by atomic mass is 32.1. The van der Waals surface area contributed by atoms with Crippen LogP contribution in [0.4, 0.5) is 0 Å². The summed E-state index contributed by atoms with van der Waals surface area (Å²) in [4.78, 5) is 11.6. The molecule has 0 aliphatic heterocycles. The van der Waals surface area contributed by atoms with Crippen LogP contribution in [0.2, 0.25) is 0 Å². The first-order valence-electron chi connectivity index (χ1n) is 6.45. The van der Waals surface area contributed by atoms with Crippen LogP contribution in [0.1, 0.15) is 17.8 Å². The van der Waals surface area contributed by atoms with E-state index in [4.69, 9.17) is 0 Å². The molecule has 3 rings (SSSR count). The lowest BCUT2D eigenvalue weighted by molar-refractivity contribution is 0.677. The Morgan fingerprint density at radius 2 is 2.32 bits per heavy atom. The molecule has 1 N–H and O–H groups in total. The number of aromatic nitrogens is 3. The molecule has 1 aliphatic rings. The van der Waals surface area contributed by atoms with Crippen LogP contribution in [0.15, 0.2) is 23.1 Å². The molecule has 0 amide bonds. The van der Waals surface area contributed by atoms with Gasteiger partial charge in [0.15, 0.2) is 0 Å². The zero-order chi connectivity index (χ0) is 13.2. The molecule has 0 spiro atoms. The van der Waals surface area contributed by atoms with E-state index in [9.17, 15) is 4.79 Å². The number of hydrogen-bond acceptors (Lipinski definition) is 5. The van der Waals surface area contributed by atoms with Gasteiger partial charge in [-0.2, -0.15) is 0 Å². The molecular formula is C13H16N4OS. The largest absolute Gasteiger partial charge is 0.319 e. The number of nitrogens with zero attached hydrogens (tertiary/aromatic N) is 3. The van der Waals surface area contributed by atoms with Gasteiger partial charge in [-0.1, -0.05) is 11.3 Å². The Morgan fingerprint density at radius 3 is 3.05 bits per heavy atom. The first-order valence-corrected chi connectivity index (χ1v) is 7.27. The molecule has 2 heterocycles. The van der Waals surface area contributed by atoms with E-state index in [1.54, 1.807) is 35.2 Å². The fourth-order valence-corrected chi connectivity index (χ4v) is 2.66. The number of aryl methyl sites for hydroxylation is 1. The Bertz CT molecular complexity index is 630. The van der Waals surface area contributed by atoms with Crippen LogP contribution in [-0.4, -0.2) is 27.4 Å². The van der Waals surface area contributed by atoms with Crippen molar-refractivity contribution in [3.05, 3.63) is 33.7 Å². The number of nitrogens with one attached hydrogen (secondary N) is 1. The Labute approximate surface area is 115 Å². The van der Waals surface area contributed by atoms with Gasteiger partial charge in [0.1, 0.15) is 10.0 Å². The van der Waals surface area contributed by atoms with Crippen molar-refractivity contribution in [2.24, 2.45) is 7.05 Å². The molecule has 2 aromatic rings. The minimum absolute atomic E-state index is 0.0235. The highest BCUT2D eigenvalue weighted by Gasteiger charge is 2.19. The van der Waals surface area contributed by atoms with Gasteiger partial charge >= 0.3 is 0 Å². The summed E-state index contributed by atoms with van der Waals surface area (Å²) >= 11 is 1.56. The maximum atomic E-state index is 11.6. The van der Waals surface area contributed by atoms with E-state index in [2.05, 4.69) is 15.5 Å². The van der Waals surface area contributed by atoms with Crippen molar-refractivity contribution in [1.82, 2.24) is 20.1 Å². The summed E-state index contributed by atoms with van der Waals surface area (Å²) in [5.41, 5.74) is 0.826. The van der Waals surface area contributed by atoms with Crippen molar-refractivity contribution >= 4 is 11.3 Å². The van der Waals surface area contributed by atoms with E-state index in [1.165, 1.54) is 12.8 Å². The van der Waals surface area contributed by atoms with E-state index < -0.39 is 0 Å². The van der Waals surface area contributed by atoms with Crippen molar-refractivity contribution in [1.29, 1.82) is 0 Å². The second-order valence-corrected chi connectivity index (χ2v) is 5.91. The van der Waals surface area contributed by atoms with Crippen LogP contribution >= 0.6 is 11.3 Å². The van der Waals surface area contributed by atoms with Crippen LogP contribution in [0.5, 0.6) is 0 Å². The minimum Gasteiger partial charge on any atom is -0.319 e. The summed E-state index contributed by atoms with van der Waals surface area (Å²) in [6.45, 7) is 0.954. The average molecular weight is 276 g/mol. The van der Waals surface area contributed by atoms with Crippen molar-refractivity contribution in [2.45, 2.75) is 25.3 Å². The highest BCUT2D eigenvalue weighted by Crippen LogP contribution is 2.22. The molecule has 100 valence electrons. The minimum atomic E-state index is -0.0235. The third-order valence-electron chi connectivity index (χ3n) is 3.17. The van der Waals surface area contributed by atoms with Gasteiger partial charge in [-0.05, 0) is 18.9 Å². The summed E-state index contributed by atoms with van der Waals surface area (Å²) in [6, 6.07) is 4.23. The highest BCUT2D eigenvalue weighted by molar-refractivity contribution is 7.14. The maximum absolute atomic E-state index is 11.6. The van der Waals surface area contributed by atoms with E-state index in [1.807, 2.05) is 6.07 Å². The van der Waals surface area contributed by atoms with Crippen LogP contribution in [0.25, 0.3) is 10.6 Å². The molecule has 5 nitrogen and oxygen atoms in total. The monoisotopic (exact) mass is 276 g/mol. The Morgan fingerprint density at radius 1 is 1.47 bits per heavy atom. The van der Waals surface area contributed by atoms with Crippen LogP contribution in [0.3, 0.4) is 0 Å². The molecule has 0 radical (unpaired) electrons. The Hall–Kier alpha value is -1.53. The third-order valence-corrected chi connectivity index (χ3v) is 4.20. The summed E-state index contributed by atoms with van der Waals surface area (Å²) in [5.74, 6) is 0. The zero-order valence-electron chi connectivity index (χ0n) is 10.8. The lowest BCUT2D eigenvalue weighted by Crippen LogP contribution is -2.19.